The number of aromatic hydroxyl groups is 1. The van der Waals surface area contributed by atoms with E-state index in [1.165, 1.54) is 12.1 Å². The minimum absolute atomic E-state index is 0.0102. The van der Waals surface area contributed by atoms with Crippen LogP contribution in [0.5, 0.6) is 23.0 Å². The maximum Gasteiger partial charge on any atom is 0.303 e. The van der Waals surface area contributed by atoms with Crippen LogP contribution in [0.1, 0.15) is 50.0 Å². The predicted molar refractivity (Wildman–Crippen MR) is 151 cm³/mol. The summed E-state index contributed by atoms with van der Waals surface area (Å²) in [5, 5.41) is 10.8. The van der Waals surface area contributed by atoms with Crippen LogP contribution in [0, 0.1) is 0 Å². The molecule has 1 fully saturated rings. The van der Waals surface area contributed by atoms with E-state index in [4.69, 9.17) is 37.9 Å². The van der Waals surface area contributed by atoms with Gasteiger partial charge in [-0.25, -0.2) is 0 Å². The van der Waals surface area contributed by atoms with E-state index in [1.54, 1.807) is 18.2 Å². The lowest BCUT2D eigenvalue weighted by atomic mass is 9.98. The van der Waals surface area contributed by atoms with Gasteiger partial charge in [0.1, 0.15) is 24.2 Å². The summed E-state index contributed by atoms with van der Waals surface area (Å²) >= 11 is 0. The van der Waals surface area contributed by atoms with Gasteiger partial charge in [0.15, 0.2) is 29.5 Å². The van der Waals surface area contributed by atoms with E-state index < -0.39 is 66.9 Å². The Morgan fingerprint density at radius 3 is 2.07 bits per heavy atom. The number of hydrogen-bond acceptors (Lipinski definition) is 14. The van der Waals surface area contributed by atoms with Crippen LogP contribution in [0.25, 0.3) is 0 Å². The molecule has 2 aliphatic rings. The first-order valence-corrected chi connectivity index (χ1v) is 14.1. The van der Waals surface area contributed by atoms with E-state index in [0.29, 0.717) is 30.3 Å². The number of ether oxygens (including phenoxy) is 8. The first kappa shape index (κ1) is 33.1. The molecule has 0 spiro atoms. The Bertz CT molecular complexity index is 1440. The topological polar surface area (TPSA) is 179 Å². The predicted octanol–water partition coefficient (Wildman–Crippen LogP) is 2.44. The summed E-state index contributed by atoms with van der Waals surface area (Å²) in [4.78, 5) is 60.6. The lowest BCUT2D eigenvalue weighted by molar-refractivity contribution is -0.288. The molecule has 0 saturated carbocycles. The summed E-state index contributed by atoms with van der Waals surface area (Å²) in [6.45, 7) is 5.06. The van der Waals surface area contributed by atoms with Crippen LogP contribution < -0.4 is 14.2 Å². The first-order valence-electron chi connectivity index (χ1n) is 14.1. The van der Waals surface area contributed by atoms with E-state index in [9.17, 15) is 29.1 Å². The fraction of sp³-hybridized carbons (Fsp3) is 0.452. The normalized spacial score (nSPS) is 22.3. The highest BCUT2D eigenvalue weighted by Gasteiger charge is 2.53. The molecule has 0 unspecified atom stereocenters. The lowest BCUT2D eigenvalue weighted by Crippen LogP contribution is -2.63. The van der Waals surface area contributed by atoms with Crippen molar-refractivity contribution in [1.82, 2.24) is 0 Å². The zero-order valence-corrected chi connectivity index (χ0v) is 25.1. The van der Waals surface area contributed by atoms with E-state index in [1.807, 2.05) is 0 Å². The van der Waals surface area contributed by atoms with Gasteiger partial charge < -0.3 is 43.0 Å². The molecule has 1 saturated heterocycles. The van der Waals surface area contributed by atoms with Crippen LogP contribution in [0.15, 0.2) is 36.4 Å². The van der Waals surface area contributed by atoms with Crippen LogP contribution in [0.2, 0.25) is 0 Å². The van der Waals surface area contributed by atoms with Gasteiger partial charge in [0.25, 0.3) is 0 Å². The van der Waals surface area contributed by atoms with Crippen molar-refractivity contribution in [3.63, 3.8) is 0 Å². The van der Waals surface area contributed by atoms with Crippen LogP contribution in [0.4, 0.5) is 0 Å². The maximum absolute atomic E-state index is 13.1. The molecule has 0 aliphatic carbocycles. The number of Topliss-reactive ketones (excluding diaryl/α,β-unsaturated/α-hetero) is 1. The number of esters is 4. The van der Waals surface area contributed by atoms with Crippen molar-refractivity contribution in [3.05, 3.63) is 47.5 Å². The SMILES string of the molecule is CC(=O)OC[C@@H]1O[C@H](Oc2ccc(C(=O)Cc3ccc4c(c3)OCCCO4)c(O)c2)[C@H](OC(C)=O)[C@@H](OC(C)=O)[C@@H]1OC(C)=O. The van der Waals surface area contributed by atoms with Crippen molar-refractivity contribution < 1.29 is 67.0 Å². The molecule has 0 bridgehead atoms. The minimum atomic E-state index is -1.51. The van der Waals surface area contributed by atoms with Crippen molar-refractivity contribution >= 4 is 29.7 Å². The van der Waals surface area contributed by atoms with Gasteiger partial charge in [-0.1, -0.05) is 6.07 Å². The van der Waals surface area contributed by atoms with Crippen molar-refractivity contribution in [2.24, 2.45) is 0 Å². The molecule has 2 aromatic carbocycles. The fourth-order valence-corrected chi connectivity index (χ4v) is 4.84. The van der Waals surface area contributed by atoms with Crippen molar-refractivity contribution in [3.8, 4) is 23.0 Å². The monoisotopic (exact) mass is 630 g/mol. The Labute approximate surface area is 258 Å². The maximum atomic E-state index is 13.1. The molecule has 242 valence electrons. The molecule has 0 amide bonds. The number of rotatable bonds is 10. The van der Waals surface area contributed by atoms with Gasteiger partial charge >= 0.3 is 23.9 Å². The molecule has 5 atom stereocenters. The second kappa shape index (κ2) is 14.8. The molecule has 2 heterocycles. The zero-order valence-electron chi connectivity index (χ0n) is 25.1. The van der Waals surface area contributed by atoms with Crippen LogP contribution in [0.3, 0.4) is 0 Å². The van der Waals surface area contributed by atoms with Crippen molar-refractivity contribution in [1.29, 1.82) is 0 Å². The Balaban J connectivity index is 1.57. The van der Waals surface area contributed by atoms with Gasteiger partial charge in [-0.15, -0.1) is 0 Å². The third-order valence-electron chi connectivity index (χ3n) is 6.65. The molecular formula is C31H34O14. The van der Waals surface area contributed by atoms with Crippen molar-refractivity contribution in [2.45, 2.75) is 71.2 Å². The van der Waals surface area contributed by atoms with E-state index in [0.717, 1.165) is 40.2 Å². The summed E-state index contributed by atoms with van der Waals surface area (Å²) in [7, 11) is 0. The number of carbonyl (C=O) groups is 5. The van der Waals surface area contributed by atoms with Crippen LogP contribution in [-0.4, -0.2) is 85.3 Å². The highest BCUT2D eigenvalue weighted by Crippen LogP contribution is 2.34. The second-order valence-electron chi connectivity index (χ2n) is 10.3. The van der Waals surface area contributed by atoms with Gasteiger partial charge in [-0.05, 0) is 29.8 Å². The molecule has 2 aliphatic heterocycles. The van der Waals surface area contributed by atoms with Crippen LogP contribution in [-0.2, 0) is 49.3 Å². The molecule has 0 aromatic heterocycles. The quantitative estimate of drug-likeness (QED) is 0.230. The van der Waals surface area contributed by atoms with Crippen LogP contribution >= 0.6 is 0 Å². The Morgan fingerprint density at radius 1 is 0.778 bits per heavy atom. The molecule has 45 heavy (non-hydrogen) atoms. The first-order chi connectivity index (χ1) is 21.4. The standard InChI is InChI=1S/C31H34O14/c1-16(32)40-15-27-28(41-17(2)33)29(42-18(3)34)30(43-19(4)35)31(45-27)44-21-7-8-22(24(37)14-21)23(36)12-20-6-9-25-26(13-20)39-11-5-10-38-25/h6-9,13-14,27-31,37H,5,10-12,15H2,1-4H3/t27-,28+,29-,30+,31-/m0/s1. The largest absolute Gasteiger partial charge is 0.507 e. The molecule has 14 nitrogen and oxygen atoms in total. The molecule has 1 N–H and O–H groups in total. The summed E-state index contributed by atoms with van der Waals surface area (Å²) in [5.41, 5.74) is 0.664. The zero-order chi connectivity index (χ0) is 32.7. The Morgan fingerprint density at radius 2 is 1.42 bits per heavy atom. The third kappa shape index (κ3) is 8.85. The third-order valence-corrected chi connectivity index (χ3v) is 6.65. The number of ketones is 1. The van der Waals surface area contributed by atoms with E-state index in [-0.39, 0.29) is 23.5 Å². The fourth-order valence-electron chi connectivity index (χ4n) is 4.84. The van der Waals surface area contributed by atoms with Gasteiger partial charge in [-0.2, -0.15) is 0 Å². The average Bonchev–Trinajstić information content (AvgIpc) is 3.19. The summed E-state index contributed by atoms with van der Waals surface area (Å²) in [6.07, 6.45) is -6.27. The molecule has 0 radical (unpaired) electrons. The van der Waals surface area contributed by atoms with E-state index in [2.05, 4.69) is 0 Å². The van der Waals surface area contributed by atoms with Gasteiger partial charge in [0.2, 0.25) is 12.4 Å². The van der Waals surface area contributed by atoms with Gasteiger partial charge in [-0.3, -0.25) is 24.0 Å². The number of benzene rings is 2. The number of phenols is 1. The Hall–Kier alpha value is -4.85. The summed E-state index contributed by atoms with van der Waals surface area (Å²) < 4.78 is 44.3. The second-order valence-corrected chi connectivity index (χ2v) is 10.3. The Kier molecular flexibility index (Phi) is 10.8. The number of carbonyl (C=O) groups excluding carboxylic acids is 5. The number of fused-ring (bicyclic) bond motifs is 1. The van der Waals surface area contributed by atoms with Gasteiger partial charge in [0.05, 0.1) is 18.8 Å². The van der Waals surface area contributed by atoms with E-state index >= 15 is 0 Å². The number of phenolic OH excluding ortho intramolecular Hbond substituents is 1. The molecule has 14 heteroatoms. The highest BCUT2D eigenvalue weighted by molar-refractivity contribution is 6.00. The molecule has 2 aromatic rings. The van der Waals surface area contributed by atoms with Crippen molar-refractivity contribution in [2.75, 3.05) is 19.8 Å². The number of hydrogen-bond donors (Lipinski definition) is 1. The average molecular weight is 631 g/mol. The summed E-state index contributed by atoms with van der Waals surface area (Å²) in [6, 6.07) is 9.08. The molecule has 4 rings (SSSR count). The minimum Gasteiger partial charge on any atom is -0.507 e. The highest BCUT2D eigenvalue weighted by atomic mass is 16.7. The smallest absolute Gasteiger partial charge is 0.303 e. The van der Waals surface area contributed by atoms with Gasteiger partial charge in [0, 0.05) is 46.6 Å². The summed E-state index contributed by atoms with van der Waals surface area (Å²) in [5.74, 6) is -2.71. The molecular weight excluding hydrogens is 596 g/mol. The lowest BCUT2D eigenvalue weighted by Gasteiger charge is -2.43.